The molecule has 0 unspecified atom stereocenters. The molecule has 2 aromatic carbocycles. The number of morpholine rings is 1. The predicted molar refractivity (Wildman–Crippen MR) is 115 cm³/mol. The van der Waals surface area contributed by atoms with Gasteiger partial charge in [-0.05, 0) is 61.4 Å². The van der Waals surface area contributed by atoms with Gasteiger partial charge in [0, 0.05) is 25.4 Å². The van der Waals surface area contributed by atoms with E-state index in [2.05, 4.69) is 21.1 Å². The molecule has 1 aromatic heterocycles. The summed E-state index contributed by atoms with van der Waals surface area (Å²) in [4.78, 5) is 6.81. The number of ether oxygens (including phenoxy) is 2. The molecule has 3 aromatic rings. The second-order valence-electron chi connectivity index (χ2n) is 7.16. The van der Waals surface area contributed by atoms with Crippen LogP contribution in [0.5, 0.6) is 11.6 Å². The second kappa shape index (κ2) is 8.80. The van der Waals surface area contributed by atoms with E-state index < -0.39 is 0 Å². The van der Waals surface area contributed by atoms with Crippen molar-refractivity contribution < 1.29 is 9.47 Å². The summed E-state index contributed by atoms with van der Waals surface area (Å²) in [5.74, 6) is 1.26. The van der Waals surface area contributed by atoms with Gasteiger partial charge < -0.3 is 14.4 Å². The summed E-state index contributed by atoms with van der Waals surface area (Å²) in [6, 6.07) is 15.2. The van der Waals surface area contributed by atoms with Gasteiger partial charge in [-0.3, -0.25) is 0 Å². The summed E-state index contributed by atoms with van der Waals surface area (Å²) in [7, 11) is 0. The van der Waals surface area contributed by atoms with E-state index in [1.54, 1.807) is 16.8 Å². The topological polar surface area (TPSA) is 75.7 Å². The molecule has 152 valence electrons. The smallest absolute Gasteiger partial charge is 0.238 e. The number of nitriles is 1. The molecule has 0 saturated carbocycles. The summed E-state index contributed by atoms with van der Waals surface area (Å²) >= 11 is 0. The highest BCUT2D eigenvalue weighted by Crippen LogP contribution is 2.31. The molecule has 4 rings (SSSR count). The minimum Gasteiger partial charge on any atom is -0.437 e. The summed E-state index contributed by atoms with van der Waals surface area (Å²) in [6.07, 6.45) is 3.73. The lowest BCUT2D eigenvalue weighted by atomic mass is 10.1. The van der Waals surface area contributed by atoms with Crippen LogP contribution in [-0.4, -0.2) is 47.3 Å². The first-order chi connectivity index (χ1) is 14.6. The van der Waals surface area contributed by atoms with Gasteiger partial charge in [0.2, 0.25) is 5.88 Å². The Kier molecular flexibility index (Phi) is 5.77. The van der Waals surface area contributed by atoms with Crippen LogP contribution in [0.25, 0.3) is 5.69 Å². The van der Waals surface area contributed by atoms with Crippen LogP contribution in [0.4, 0.5) is 5.69 Å². The van der Waals surface area contributed by atoms with Crippen LogP contribution in [0.1, 0.15) is 16.7 Å². The molecule has 0 atom stereocenters. The van der Waals surface area contributed by atoms with E-state index in [4.69, 9.17) is 14.7 Å². The molecule has 1 aliphatic rings. The van der Waals surface area contributed by atoms with Crippen LogP contribution >= 0.6 is 0 Å². The molecule has 0 radical (unpaired) electrons. The maximum absolute atomic E-state index is 8.93. The molecule has 1 saturated heterocycles. The minimum absolute atomic E-state index is 0.506. The Morgan fingerprint density at radius 1 is 1.10 bits per heavy atom. The van der Waals surface area contributed by atoms with Crippen LogP contribution < -0.4 is 4.74 Å². The van der Waals surface area contributed by atoms with E-state index in [0.29, 0.717) is 11.4 Å². The van der Waals surface area contributed by atoms with Crippen molar-refractivity contribution in [3.05, 3.63) is 65.4 Å². The number of aliphatic imine (C=N–C) groups is 1. The van der Waals surface area contributed by atoms with Crippen molar-refractivity contribution in [2.24, 2.45) is 4.99 Å². The van der Waals surface area contributed by atoms with Gasteiger partial charge in [-0.2, -0.15) is 5.26 Å². The molecule has 0 amide bonds. The lowest BCUT2D eigenvalue weighted by molar-refractivity contribution is 0.0701. The Labute approximate surface area is 175 Å². The van der Waals surface area contributed by atoms with E-state index in [9.17, 15) is 0 Å². The molecule has 1 fully saturated rings. The molecule has 0 N–H and O–H groups in total. The lowest BCUT2D eigenvalue weighted by Crippen LogP contribution is -2.35. The fraction of sp³-hybridized carbons (Fsp3) is 0.261. The predicted octanol–water partition coefficient (Wildman–Crippen LogP) is 4.15. The second-order valence-corrected chi connectivity index (χ2v) is 7.16. The molecule has 0 aliphatic carbocycles. The average molecular weight is 401 g/mol. The number of benzene rings is 2. The Hall–Kier alpha value is -3.63. The quantitative estimate of drug-likeness (QED) is 0.474. The first-order valence-electron chi connectivity index (χ1n) is 9.84. The van der Waals surface area contributed by atoms with E-state index >= 15 is 0 Å². The van der Waals surface area contributed by atoms with Gasteiger partial charge >= 0.3 is 0 Å². The van der Waals surface area contributed by atoms with E-state index in [-0.39, 0.29) is 0 Å². The van der Waals surface area contributed by atoms with Crippen molar-refractivity contribution in [3.63, 3.8) is 0 Å². The molecular formula is C23H23N5O2. The third kappa shape index (κ3) is 4.50. The van der Waals surface area contributed by atoms with Gasteiger partial charge in [-0.25, -0.2) is 9.67 Å². The standard InChI is InChI=1S/C23H23N5O2/c1-17-14-22(18(2)13-21(17)25-16-27-9-11-29-12-10-27)30-23-7-8-28(26-23)20-5-3-19(15-24)4-6-20/h3-8,13-14,16H,9-12H2,1-2H3/b25-16+. The first-order valence-corrected chi connectivity index (χ1v) is 9.84. The van der Waals surface area contributed by atoms with Crippen molar-refractivity contribution in [3.8, 4) is 23.4 Å². The molecular weight excluding hydrogens is 378 g/mol. The molecule has 2 heterocycles. The third-order valence-electron chi connectivity index (χ3n) is 4.94. The maximum atomic E-state index is 8.93. The number of rotatable bonds is 5. The fourth-order valence-electron chi connectivity index (χ4n) is 3.17. The zero-order valence-electron chi connectivity index (χ0n) is 17.1. The lowest BCUT2D eigenvalue weighted by Gasteiger charge is -2.24. The highest BCUT2D eigenvalue weighted by Gasteiger charge is 2.10. The minimum atomic E-state index is 0.506. The fourth-order valence-corrected chi connectivity index (χ4v) is 3.17. The Bertz CT molecular complexity index is 1090. The van der Waals surface area contributed by atoms with Gasteiger partial charge in [-0.15, -0.1) is 5.10 Å². The highest BCUT2D eigenvalue weighted by molar-refractivity contribution is 5.65. The maximum Gasteiger partial charge on any atom is 0.238 e. The third-order valence-corrected chi connectivity index (χ3v) is 4.94. The van der Waals surface area contributed by atoms with Crippen molar-refractivity contribution in [2.75, 3.05) is 26.3 Å². The van der Waals surface area contributed by atoms with Crippen LogP contribution in [-0.2, 0) is 4.74 Å². The van der Waals surface area contributed by atoms with Gasteiger partial charge in [0.15, 0.2) is 0 Å². The largest absolute Gasteiger partial charge is 0.437 e. The summed E-state index contributed by atoms with van der Waals surface area (Å²) in [5, 5.41) is 13.4. The monoisotopic (exact) mass is 401 g/mol. The Balaban J connectivity index is 1.48. The highest BCUT2D eigenvalue weighted by atomic mass is 16.5. The average Bonchev–Trinajstić information content (AvgIpc) is 3.24. The summed E-state index contributed by atoms with van der Waals surface area (Å²) in [5.41, 5.74) is 4.43. The number of aryl methyl sites for hydroxylation is 2. The van der Waals surface area contributed by atoms with Crippen LogP contribution in [0.3, 0.4) is 0 Å². The van der Waals surface area contributed by atoms with Gasteiger partial charge in [0.05, 0.1) is 42.6 Å². The molecule has 30 heavy (non-hydrogen) atoms. The molecule has 0 spiro atoms. The van der Waals surface area contributed by atoms with Crippen LogP contribution in [0, 0.1) is 25.2 Å². The van der Waals surface area contributed by atoms with E-state index in [1.165, 1.54) is 0 Å². The van der Waals surface area contributed by atoms with Crippen LogP contribution in [0.15, 0.2) is 53.7 Å². The summed E-state index contributed by atoms with van der Waals surface area (Å²) in [6.45, 7) is 7.24. The number of hydrogen-bond donors (Lipinski definition) is 0. The summed E-state index contributed by atoms with van der Waals surface area (Å²) < 4.78 is 13.1. The van der Waals surface area contributed by atoms with Crippen molar-refractivity contribution in [1.82, 2.24) is 14.7 Å². The van der Waals surface area contributed by atoms with Gasteiger partial charge in [-0.1, -0.05) is 0 Å². The van der Waals surface area contributed by atoms with Gasteiger partial charge in [0.1, 0.15) is 5.75 Å². The first kappa shape index (κ1) is 19.7. The van der Waals surface area contributed by atoms with Crippen molar-refractivity contribution in [2.45, 2.75) is 13.8 Å². The molecule has 0 bridgehead atoms. The number of hydrogen-bond acceptors (Lipinski definition) is 5. The Morgan fingerprint density at radius 2 is 1.87 bits per heavy atom. The van der Waals surface area contributed by atoms with E-state index in [0.717, 1.165) is 54.6 Å². The number of nitrogens with zero attached hydrogens (tertiary/aromatic N) is 5. The van der Waals surface area contributed by atoms with Crippen molar-refractivity contribution >= 4 is 12.0 Å². The number of aromatic nitrogens is 2. The Morgan fingerprint density at radius 3 is 2.60 bits per heavy atom. The molecule has 1 aliphatic heterocycles. The normalized spacial score (nSPS) is 14.1. The van der Waals surface area contributed by atoms with Gasteiger partial charge in [0.25, 0.3) is 0 Å². The zero-order valence-corrected chi connectivity index (χ0v) is 17.1. The van der Waals surface area contributed by atoms with Crippen LogP contribution in [0.2, 0.25) is 0 Å². The van der Waals surface area contributed by atoms with Crippen molar-refractivity contribution in [1.29, 1.82) is 5.26 Å². The molecule has 7 nitrogen and oxygen atoms in total. The SMILES string of the molecule is Cc1cc(Oc2ccn(-c3ccc(C#N)cc3)n2)c(C)cc1/N=C/N1CCOCC1. The zero-order chi connectivity index (χ0) is 20.9. The molecule has 7 heteroatoms. The van der Waals surface area contributed by atoms with E-state index in [1.807, 2.05) is 56.7 Å².